The van der Waals surface area contributed by atoms with E-state index < -0.39 is 0 Å². The first-order valence-electron chi connectivity index (χ1n) is 5.91. The van der Waals surface area contributed by atoms with Crippen molar-refractivity contribution in [3.8, 4) is 0 Å². The van der Waals surface area contributed by atoms with E-state index in [9.17, 15) is 4.79 Å². The zero-order chi connectivity index (χ0) is 12.4. The average molecular weight is 243 g/mol. The molecule has 1 aliphatic rings. The van der Waals surface area contributed by atoms with Gasteiger partial charge in [-0.25, -0.2) is 4.98 Å². The zero-order valence-corrected chi connectivity index (χ0v) is 9.78. The van der Waals surface area contributed by atoms with Crippen LogP contribution >= 0.6 is 0 Å². The van der Waals surface area contributed by atoms with Crippen molar-refractivity contribution in [1.82, 2.24) is 24.8 Å². The number of hydrogen-bond donors (Lipinski definition) is 1. The Morgan fingerprint density at radius 2 is 2.28 bits per heavy atom. The van der Waals surface area contributed by atoms with Crippen LogP contribution in [0.2, 0.25) is 0 Å². The van der Waals surface area contributed by atoms with Crippen molar-refractivity contribution in [2.24, 2.45) is 0 Å². The fraction of sp³-hybridized carbons (Fsp3) is 0.333. The minimum absolute atomic E-state index is 0.0227. The number of likely N-dealkylation sites (tertiary alicyclic amines) is 1. The highest BCUT2D eigenvalue weighted by Crippen LogP contribution is 2.31. The number of aromatic amines is 1. The Hall–Kier alpha value is -2.24. The lowest BCUT2D eigenvalue weighted by molar-refractivity contribution is 0.0727. The van der Waals surface area contributed by atoms with Crippen LogP contribution in [0.25, 0.3) is 0 Å². The second-order valence-electron chi connectivity index (χ2n) is 4.25. The van der Waals surface area contributed by atoms with Gasteiger partial charge in [0.15, 0.2) is 0 Å². The Balaban J connectivity index is 1.86. The molecule has 0 aromatic carbocycles. The van der Waals surface area contributed by atoms with Crippen molar-refractivity contribution in [3.63, 3.8) is 0 Å². The van der Waals surface area contributed by atoms with E-state index in [1.165, 1.54) is 6.33 Å². The molecule has 1 amide bonds. The molecule has 3 heterocycles. The van der Waals surface area contributed by atoms with Crippen LogP contribution in [0.3, 0.4) is 0 Å². The van der Waals surface area contributed by atoms with Crippen molar-refractivity contribution in [1.29, 1.82) is 0 Å². The van der Waals surface area contributed by atoms with Crippen molar-refractivity contribution >= 4 is 5.91 Å². The van der Waals surface area contributed by atoms with Gasteiger partial charge in [-0.15, -0.1) is 0 Å². The van der Waals surface area contributed by atoms with Gasteiger partial charge >= 0.3 is 0 Å². The minimum atomic E-state index is -0.0272. The van der Waals surface area contributed by atoms with E-state index >= 15 is 0 Å². The average Bonchev–Trinajstić information content (AvgIpc) is 3.10. The molecule has 2 aromatic rings. The van der Waals surface area contributed by atoms with Gasteiger partial charge in [-0.2, -0.15) is 0 Å². The van der Waals surface area contributed by atoms with Gasteiger partial charge in [-0.3, -0.25) is 14.8 Å². The van der Waals surface area contributed by atoms with Gasteiger partial charge in [0.2, 0.25) is 0 Å². The Labute approximate surface area is 104 Å². The number of rotatable bonds is 2. The Kier molecular flexibility index (Phi) is 2.76. The topological polar surface area (TPSA) is 74.8 Å². The monoisotopic (exact) mass is 243 g/mol. The summed E-state index contributed by atoms with van der Waals surface area (Å²) in [5.41, 5.74) is 1.37. The molecule has 1 aliphatic heterocycles. The number of imidazole rings is 1. The Morgan fingerprint density at radius 3 is 3.00 bits per heavy atom. The molecule has 3 rings (SSSR count). The molecular formula is C12H13N5O. The molecule has 1 fully saturated rings. The summed E-state index contributed by atoms with van der Waals surface area (Å²) < 4.78 is 0. The fourth-order valence-corrected chi connectivity index (χ4v) is 2.33. The lowest BCUT2D eigenvalue weighted by Crippen LogP contribution is -2.31. The van der Waals surface area contributed by atoms with Crippen molar-refractivity contribution in [2.75, 3.05) is 6.54 Å². The third-order valence-electron chi connectivity index (χ3n) is 3.17. The molecule has 1 atom stereocenters. The molecule has 0 radical (unpaired) electrons. The summed E-state index contributed by atoms with van der Waals surface area (Å²) >= 11 is 0. The number of carbonyl (C=O) groups is 1. The third-order valence-corrected chi connectivity index (χ3v) is 3.17. The van der Waals surface area contributed by atoms with Crippen molar-refractivity contribution in [2.45, 2.75) is 18.9 Å². The standard InChI is InChI=1S/C12H13N5O/c18-12(10-7-14-8-16-10)17-5-1-2-11(17)9-6-13-3-4-15-9/h3-4,6-8,11H,1-2,5H2,(H,14,16). The highest BCUT2D eigenvalue weighted by atomic mass is 16.2. The van der Waals surface area contributed by atoms with Gasteiger partial charge < -0.3 is 9.88 Å². The van der Waals surface area contributed by atoms with Gasteiger partial charge in [-0.05, 0) is 12.8 Å². The smallest absolute Gasteiger partial charge is 0.272 e. The molecule has 2 aromatic heterocycles. The van der Waals surface area contributed by atoms with E-state index in [0.29, 0.717) is 5.69 Å². The van der Waals surface area contributed by atoms with Crippen LogP contribution in [-0.2, 0) is 0 Å². The number of hydrogen-bond acceptors (Lipinski definition) is 4. The SMILES string of the molecule is O=C(c1cnc[nH]1)N1CCCC1c1cnccn1. The zero-order valence-electron chi connectivity index (χ0n) is 9.78. The number of nitrogens with zero attached hydrogens (tertiary/aromatic N) is 4. The number of amides is 1. The lowest BCUT2D eigenvalue weighted by Gasteiger charge is -2.23. The second kappa shape index (κ2) is 4.56. The summed E-state index contributed by atoms with van der Waals surface area (Å²) in [5, 5.41) is 0. The van der Waals surface area contributed by atoms with Gasteiger partial charge in [0.1, 0.15) is 5.69 Å². The molecule has 6 nitrogen and oxygen atoms in total. The van der Waals surface area contributed by atoms with Crippen molar-refractivity contribution in [3.05, 3.63) is 42.5 Å². The fourth-order valence-electron chi connectivity index (χ4n) is 2.33. The maximum absolute atomic E-state index is 12.3. The normalized spacial score (nSPS) is 19.1. The van der Waals surface area contributed by atoms with E-state index in [1.54, 1.807) is 24.8 Å². The maximum atomic E-state index is 12.3. The molecule has 0 aliphatic carbocycles. The summed E-state index contributed by atoms with van der Waals surface area (Å²) in [5.74, 6) is -0.0272. The summed E-state index contributed by atoms with van der Waals surface area (Å²) in [6.07, 6.45) is 10.0. The first kappa shape index (κ1) is 10.9. The highest BCUT2D eigenvalue weighted by molar-refractivity contribution is 5.92. The number of H-pyrrole nitrogens is 1. The van der Waals surface area contributed by atoms with E-state index in [2.05, 4.69) is 19.9 Å². The van der Waals surface area contributed by atoms with Crippen LogP contribution in [0.5, 0.6) is 0 Å². The quantitative estimate of drug-likeness (QED) is 0.859. The third kappa shape index (κ3) is 1.85. The molecule has 92 valence electrons. The maximum Gasteiger partial charge on any atom is 0.272 e. The van der Waals surface area contributed by atoms with Gasteiger partial charge in [0.25, 0.3) is 5.91 Å². The molecule has 0 saturated carbocycles. The first-order valence-corrected chi connectivity index (χ1v) is 5.91. The van der Waals surface area contributed by atoms with E-state index in [0.717, 1.165) is 25.1 Å². The van der Waals surface area contributed by atoms with Gasteiger partial charge in [0.05, 0.1) is 30.5 Å². The largest absolute Gasteiger partial charge is 0.341 e. The van der Waals surface area contributed by atoms with Crippen LogP contribution in [0.1, 0.15) is 35.1 Å². The molecule has 18 heavy (non-hydrogen) atoms. The summed E-state index contributed by atoms with van der Waals surface area (Å²) in [6, 6.07) is 0.0227. The summed E-state index contributed by atoms with van der Waals surface area (Å²) in [6.45, 7) is 0.749. The predicted octanol–water partition coefficient (Wildman–Crippen LogP) is 1.18. The van der Waals surface area contributed by atoms with E-state index in [1.807, 2.05) is 4.90 Å². The molecule has 0 bridgehead atoms. The number of aromatic nitrogens is 4. The lowest BCUT2D eigenvalue weighted by atomic mass is 10.1. The highest BCUT2D eigenvalue weighted by Gasteiger charge is 2.32. The van der Waals surface area contributed by atoms with Gasteiger partial charge in [-0.1, -0.05) is 0 Å². The van der Waals surface area contributed by atoms with E-state index in [4.69, 9.17) is 0 Å². The van der Waals surface area contributed by atoms with Crippen LogP contribution in [0.4, 0.5) is 0 Å². The Bertz CT molecular complexity index is 525. The van der Waals surface area contributed by atoms with Gasteiger partial charge in [0, 0.05) is 18.9 Å². The number of carbonyl (C=O) groups excluding carboxylic acids is 1. The van der Waals surface area contributed by atoms with E-state index in [-0.39, 0.29) is 11.9 Å². The molecule has 0 spiro atoms. The predicted molar refractivity (Wildman–Crippen MR) is 63.6 cm³/mol. The molecular weight excluding hydrogens is 230 g/mol. The first-order chi connectivity index (χ1) is 8.86. The number of nitrogens with one attached hydrogen (secondary N) is 1. The summed E-state index contributed by atoms with van der Waals surface area (Å²) in [4.78, 5) is 29.2. The second-order valence-corrected chi connectivity index (χ2v) is 4.25. The van der Waals surface area contributed by atoms with Crippen LogP contribution in [0, 0.1) is 0 Å². The molecule has 1 unspecified atom stereocenters. The molecule has 1 N–H and O–H groups in total. The summed E-state index contributed by atoms with van der Waals surface area (Å²) in [7, 11) is 0. The van der Waals surface area contributed by atoms with Crippen LogP contribution in [0.15, 0.2) is 31.1 Å². The van der Waals surface area contributed by atoms with Crippen molar-refractivity contribution < 1.29 is 4.79 Å². The minimum Gasteiger partial charge on any atom is -0.341 e. The molecule has 6 heteroatoms. The van der Waals surface area contributed by atoms with Crippen LogP contribution in [-0.4, -0.2) is 37.3 Å². The molecule has 1 saturated heterocycles. The van der Waals surface area contributed by atoms with Crippen LogP contribution < -0.4 is 0 Å². The Morgan fingerprint density at radius 1 is 1.33 bits per heavy atom.